The van der Waals surface area contributed by atoms with Crippen LogP contribution in [0.15, 0.2) is 12.1 Å². The Bertz CT molecular complexity index is 648. The molecule has 2 heterocycles. The Labute approximate surface area is 133 Å². The minimum absolute atomic E-state index is 0.104. The third kappa shape index (κ3) is 3.03. The molecule has 0 unspecified atom stereocenters. The van der Waals surface area contributed by atoms with Gasteiger partial charge in [-0.05, 0) is 45.0 Å². The van der Waals surface area contributed by atoms with E-state index in [1.807, 2.05) is 0 Å². The Morgan fingerprint density at radius 2 is 2.05 bits per heavy atom. The first-order chi connectivity index (χ1) is 10.1. The number of fused-ring (bicyclic) bond motifs is 1. The van der Waals surface area contributed by atoms with Gasteiger partial charge < -0.3 is 9.47 Å². The number of hydrogen-bond donors (Lipinski definition) is 0. The molecule has 0 spiro atoms. The van der Waals surface area contributed by atoms with E-state index in [4.69, 9.17) is 23.2 Å². The Hall–Kier alpha value is -0.840. The fraction of sp³-hybridized carbons (Fsp3) is 0.533. The van der Waals surface area contributed by atoms with Crippen LogP contribution in [0.3, 0.4) is 0 Å². The zero-order valence-corrected chi connectivity index (χ0v) is 13.5. The molecule has 1 saturated heterocycles. The molecule has 0 amide bonds. The van der Waals surface area contributed by atoms with Crippen molar-refractivity contribution in [3.05, 3.63) is 28.8 Å². The van der Waals surface area contributed by atoms with Crippen LogP contribution in [-0.4, -0.2) is 34.6 Å². The molecule has 0 atom stereocenters. The lowest BCUT2D eigenvalue weighted by atomic mass is 9.97. The highest BCUT2D eigenvalue weighted by atomic mass is 35.5. The summed E-state index contributed by atoms with van der Waals surface area (Å²) in [7, 11) is 2.14. The quantitative estimate of drug-likeness (QED) is 0.796. The van der Waals surface area contributed by atoms with Crippen molar-refractivity contribution in [3.63, 3.8) is 0 Å². The number of aromatic nitrogens is 2. The van der Waals surface area contributed by atoms with Gasteiger partial charge in [0.05, 0.1) is 21.9 Å². The van der Waals surface area contributed by atoms with Gasteiger partial charge in [-0.15, -0.1) is 11.6 Å². The van der Waals surface area contributed by atoms with Gasteiger partial charge in [0, 0.05) is 12.6 Å². The molecule has 1 aromatic heterocycles. The molecule has 1 aliphatic rings. The third-order valence-corrected chi connectivity index (χ3v) is 4.80. The minimum atomic E-state index is -0.408. The lowest BCUT2D eigenvalue weighted by Gasteiger charge is -2.29. The molecule has 1 aliphatic heterocycles. The molecular formula is C15H18Cl2FN3. The third-order valence-electron chi connectivity index (χ3n) is 4.27. The highest BCUT2D eigenvalue weighted by Crippen LogP contribution is 2.27. The van der Waals surface area contributed by atoms with E-state index in [0.29, 0.717) is 17.3 Å². The number of piperidine rings is 1. The van der Waals surface area contributed by atoms with E-state index >= 15 is 0 Å². The molecular weight excluding hydrogens is 312 g/mol. The van der Waals surface area contributed by atoms with Gasteiger partial charge in [0.1, 0.15) is 11.6 Å². The number of likely N-dealkylation sites (tertiary alicyclic amines) is 1. The smallest absolute Gasteiger partial charge is 0.144 e. The summed E-state index contributed by atoms with van der Waals surface area (Å²) in [6.45, 7) is 3.05. The van der Waals surface area contributed by atoms with Crippen LogP contribution >= 0.6 is 23.2 Å². The summed E-state index contributed by atoms with van der Waals surface area (Å²) in [4.78, 5) is 6.82. The molecule has 0 saturated carbocycles. The van der Waals surface area contributed by atoms with Gasteiger partial charge >= 0.3 is 0 Å². The molecule has 1 fully saturated rings. The minimum Gasteiger partial charge on any atom is -0.327 e. The average Bonchev–Trinajstić information content (AvgIpc) is 2.79. The molecule has 1 aromatic carbocycles. The van der Waals surface area contributed by atoms with Crippen molar-refractivity contribution in [2.45, 2.75) is 25.3 Å². The monoisotopic (exact) mass is 329 g/mol. The largest absolute Gasteiger partial charge is 0.327 e. The number of rotatable bonds is 3. The van der Waals surface area contributed by atoms with Crippen LogP contribution in [0.5, 0.6) is 0 Å². The summed E-state index contributed by atoms with van der Waals surface area (Å²) in [6, 6.07) is 3.04. The summed E-state index contributed by atoms with van der Waals surface area (Å²) in [6.07, 6.45) is 2.29. The zero-order valence-electron chi connectivity index (χ0n) is 12.0. The second-order valence-electron chi connectivity index (χ2n) is 5.77. The standard InChI is InChI=1S/C15H18Cl2FN3/c1-20-4-2-10(3-5-20)9-21-14-7-12(18)11(17)6-13(14)19-15(21)8-16/h6-7,10H,2-5,8-9H2,1H3. The van der Waals surface area contributed by atoms with Crippen LogP contribution < -0.4 is 0 Å². The number of nitrogens with zero attached hydrogens (tertiary/aromatic N) is 3. The molecule has 2 aromatic rings. The SMILES string of the molecule is CN1CCC(Cn2c(CCl)nc3cc(Cl)c(F)cc32)CC1. The van der Waals surface area contributed by atoms with Gasteiger partial charge in [-0.25, -0.2) is 9.37 Å². The summed E-state index contributed by atoms with van der Waals surface area (Å²) < 4.78 is 15.8. The Balaban J connectivity index is 1.94. The topological polar surface area (TPSA) is 21.1 Å². The Morgan fingerprint density at radius 1 is 1.33 bits per heavy atom. The van der Waals surface area contributed by atoms with Crippen LogP contribution in [0.4, 0.5) is 4.39 Å². The van der Waals surface area contributed by atoms with Gasteiger partial charge in [-0.3, -0.25) is 0 Å². The van der Waals surface area contributed by atoms with Crippen molar-refractivity contribution < 1.29 is 4.39 Å². The van der Waals surface area contributed by atoms with Crippen LogP contribution in [0.25, 0.3) is 11.0 Å². The maximum absolute atomic E-state index is 13.8. The molecule has 3 nitrogen and oxygen atoms in total. The molecule has 21 heavy (non-hydrogen) atoms. The van der Waals surface area contributed by atoms with Crippen molar-refractivity contribution in [1.29, 1.82) is 0 Å². The highest BCUT2D eigenvalue weighted by molar-refractivity contribution is 6.31. The van der Waals surface area contributed by atoms with E-state index in [9.17, 15) is 4.39 Å². The molecule has 114 valence electrons. The lowest BCUT2D eigenvalue weighted by molar-refractivity contribution is 0.205. The summed E-state index contributed by atoms with van der Waals surface area (Å²) >= 11 is 11.8. The van der Waals surface area contributed by atoms with Crippen LogP contribution in [-0.2, 0) is 12.4 Å². The van der Waals surface area contributed by atoms with E-state index in [1.54, 1.807) is 6.07 Å². The van der Waals surface area contributed by atoms with Gasteiger partial charge in [-0.2, -0.15) is 0 Å². The second kappa shape index (κ2) is 6.11. The van der Waals surface area contributed by atoms with Crippen LogP contribution in [0.1, 0.15) is 18.7 Å². The second-order valence-corrected chi connectivity index (χ2v) is 6.45. The first-order valence-electron chi connectivity index (χ1n) is 7.17. The molecule has 0 N–H and O–H groups in total. The average molecular weight is 330 g/mol. The molecule has 3 rings (SSSR count). The predicted molar refractivity (Wildman–Crippen MR) is 84.5 cm³/mol. The first-order valence-corrected chi connectivity index (χ1v) is 8.08. The Kier molecular flexibility index (Phi) is 4.38. The zero-order chi connectivity index (χ0) is 15.0. The van der Waals surface area contributed by atoms with Crippen molar-refractivity contribution >= 4 is 34.2 Å². The van der Waals surface area contributed by atoms with Crippen LogP contribution in [0.2, 0.25) is 5.02 Å². The van der Waals surface area contributed by atoms with E-state index in [2.05, 4.69) is 21.5 Å². The van der Waals surface area contributed by atoms with Gasteiger partial charge in [-0.1, -0.05) is 11.6 Å². The number of benzene rings is 1. The van der Waals surface area contributed by atoms with Gasteiger partial charge in [0.25, 0.3) is 0 Å². The summed E-state index contributed by atoms with van der Waals surface area (Å²) in [5.74, 6) is 1.28. The van der Waals surface area contributed by atoms with E-state index in [-0.39, 0.29) is 5.02 Å². The number of alkyl halides is 1. The van der Waals surface area contributed by atoms with Crippen molar-refractivity contribution in [2.75, 3.05) is 20.1 Å². The van der Waals surface area contributed by atoms with E-state index in [0.717, 1.165) is 43.8 Å². The Morgan fingerprint density at radius 3 is 2.71 bits per heavy atom. The normalized spacial score (nSPS) is 17.7. The van der Waals surface area contributed by atoms with Gasteiger partial charge in [0.15, 0.2) is 0 Å². The molecule has 0 radical (unpaired) electrons. The van der Waals surface area contributed by atoms with E-state index in [1.165, 1.54) is 6.07 Å². The highest BCUT2D eigenvalue weighted by Gasteiger charge is 2.20. The molecule has 6 heteroatoms. The van der Waals surface area contributed by atoms with Gasteiger partial charge in [0.2, 0.25) is 0 Å². The van der Waals surface area contributed by atoms with Crippen LogP contribution in [0, 0.1) is 11.7 Å². The first kappa shape index (κ1) is 15.1. The fourth-order valence-corrected chi connectivity index (χ4v) is 3.34. The maximum Gasteiger partial charge on any atom is 0.144 e. The van der Waals surface area contributed by atoms with E-state index < -0.39 is 5.82 Å². The maximum atomic E-state index is 13.8. The number of halogens is 3. The number of imidazole rings is 1. The van der Waals surface area contributed by atoms with Crippen molar-refractivity contribution in [2.24, 2.45) is 5.92 Å². The summed E-state index contributed by atoms with van der Waals surface area (Å²) in [5.41, 5.74) is 1.50. The van der Waals surface area contributed by atoms with Crippen molar-refractivity contribution in [1.82, 2.24) is 14.5 Å². The molecule has 0 aliphatic carbocycles. The number of hydrogen-bond acceptors (Lipinski definition) is 2. The molecule has 0 bridgehead atoms. The predicted octanol–water partition coefficient (Wildman–Crippen LogP) is 3.91. The van der Waals surface area contributed by atoms with Crippen molar-refractivity contribution in [3.8, 4) is 0 Å². The lowest BCUT2D eigenvalue weighted by Crippen LogP contribution is -2.32. The fourth-order valence-electron chi connectivity index (χ4n) is 2.98. The summed E-state index contributed by atoms with van der Waals surface area (Å²) in [5, 5.41) is 0.104.